The minimum Gasteiger partial charge on any atom is -0.396 e. The Bertz CT molecular complexity index is 436. The van der Waals surface area contributed by atoms with Crippen LogP contribution in [0.4, 0.5) is 0 Å². The number of esters is 2. The van der Waals surface area contributed by atoms with Crippen molar-refractivity contribution in [1.82, 2.24) is 0 Å². The monoisotopic (exact) mass is 328 g/mol. The maximum Gasteiger partial charge on any atom is 0.341 e. The maximum absolute atomic E-state index is 11.8. The molecular weight excluding hydrogens is 300 g/mol. The number of aliphatic hydroxyl groups excluding tert-OH is 1. The van der Waals surface area contributed by atoms with E-state index in [2.05, 4.69) is 0 Å². The van der Waals surface area contributed by atoms with Crippen LogP contribution in [0, 0.1) is 0 Å². The smallest absolute Gasteiger partial charge is 0.341 e. The first-order valence-corrected chi connectivity index (χ1v) is 7.80. The van der Waals surface area contributed by atoms with E-state index >= 15 is 0 Å². The van der Waals surface area contributed by atoms with Crippen LogP contribution in [-0.2, 0) is 23.8 Å². The number of rotatable bonds is 11. The molecular formula is C17H28O6. The molecule has 0 aliphatic carbocycles. The normalized spacial score (nSPS) is 12.8. The number of carbonyl (C=O) groups is 2. The Morgan fingerprint density at radius 1 is 1.00 bits per heavy atom. The first kappa shape index (κ1) is 21.5. The van der Waals surface area contributed by atoms with Crippen molar-refractivity contribution >= 4 is 11.9 Å². The molecule has 0 fully saturated rings. The molecule has 0 aromatic heterocycles. The van der Waals surface area contributed by atoms with Crippen molar-refractivity contribution in [2.75, 3.05) is 33.0 Å². The highest BCUT2D eigenvalue weighted by atomic mass is 16.6. The van der Waals surface area contributed by atoms with E-state index in [0.717, 1.165) is 0 Å². The van der Waals surface area contributed by atoms with Crippen molar-refractivity contribution < 1.29 is 28.9 Å². The van der Waals surface area contributed by atoms with Gasteiger partial charge in [0.15, 0.2) is 0 Å². The van der Waals surface area contributed by atoms with Crippen molar-refractivity contribution in [2.24, 2.45) is 0 Å². The van der Waals surface area contributed by atoms with Gasteiger partial charge in [0, 0.05) is 24.4 Å². The molecule has 1 N–H and O–H groups in total. The van der Waals surface area contributed by atoms with Crippen molar-refractivity contribution in [1.29, 1.82) is 0 Å². The Balaban J connectivity index is 4.21. The van der Waals surface area contributed by atoms with Gasteiger partial charge in [-0.1, -0.05) is 11.6 Å². The van der Waals surface area contributed by atoms with E-state index in [4.69, 9.17) is 19.3 Å². The maximum atomic E-state index is 11.8. The van der Waals surface area contributed by atoms with Gasteiger partial charge in [-0.15, -0.1) is 0 Å². The van der Waals surface area contributed by atoms with Crippen molar-refractivity contribution in [3.05, 3.63) is 22.8 Å². The van der Waals surface area contributed by atoms with Crippen molar-refractivity contribution in [3.8, 4) is 0 Å². The molecule has 0 saturated carbocycles. The third-order valence-corrected chi connectivity index (χ3v) is 3.23. The summed E-state index contributed by atoms with van der Waals surface area (Å²) in [7, 11) is 0. The Morgan fingerprint density at radius 3 is 2.26 bits per heavy atom. The molecule has 0 atom stereocenters. The second kappa shape index (κ2) is 13.0. The van der Waals surface area contributed by atoms with Crippen LogP contribution in [0.3, 0.4) is 0 Å². The number of ether oxygens (including phenoxy) is 3. The second-order valence-electron chi connectivity index (χ2n) is 5.04. The second-order valence-corrected chi connectivity index (χ2v) is 5.04. The lowest BCUT2D eigenvalue weighted by atomic mass is 10.1. The van der Waals surface area contributed by atoms with E-state index < -0.39 is 11.9 Å². The van der Waals surface area contributed by atoms with E-state index in [1.807, 2.05) is 6.92 Å². The summed E-state index contributed by atoms with van der Waals surface area (Å²) in [6.07, 6.45) is 2.61. The van der Waals surface area contributed by atoms with Gasteiger partial charge in [-0.3, -0.25) is 0 Å². The number of hydrogen-bond acceptors (Lipinski definition) is 6. The van der Waals surface area contributed by atoms with E-state index in [0.29, 0.717) is 56.0 Å². The van der Waals surface area contributed by atoms with Crippen LogP contribution in [0.5, 0.6) is 0 Å². The summed E-state index contributed by atoms with van der Waals surface area (Å²) in [6.45, 7) is 8.95. The fourth-order valence-corrected chi connectivity index (χ4v) is 1.58. The van der Waals surface area contributed by atoms with Crippen LogP contribution < -0.4 is 0 Å². The Morgan fingerprint density at radius 2 is 1.65 bits per heavy atom. The molecule has 0 amide bonds. The fourth-order valence-electron chi connectivity index (χ4n) is 1.58. The minimum absolute atomic E-state index is 0.0490. The molecule has 0 aromatic rings. The summed E-state index contributed by atoms with van der Waals surface area (Å²) in [5, 5.41) is 8.84. The largest absolute Gasteiger partial charge is 0.396 e. The van der Waals surface area contributed by atoms with E-state index in [9.17, 15) is 9.59 Å². The molecule has 0 spiro atoms. The van der Waals surface area contributed by atoms with Crippen LogP contribution in [0.15, 0.2) is 22.8 Å². The third kappa shape index (κ3) is 9.99. The van der Waals surface area contributed by atoms with Crippen LogP contribution in [0.25, 0.3) is 0 Å². The zero-order valence-electron chi connectivity index (χ0n) is 14.5. The first-order chi connectivity index (χ1) is 10.9. The molecule has 0 aliphatic heterocycles. The SMILES string of the molecule is CCOCCOCCC=C(C)C(=O)OC(=O)C(C)=C(C)CCO. The highest BCUT2D eigenvalue weighted by Crippen LogP contribution is 2.10. The molecule has 0 aliphatic rings. The van der Waals surface area contributed by atoms with Gasteiger partial charge in [-0.2, -0.15) is 0 Å². The molecule has 132 valence electrons. The van der Waals surface area contributed by atoms with Gasteiger partial charge in [0.2, 0.25) is 0 Å². The van der Waals surface area contributed by atoms with E-state index in [1.54, 1.807) is 26.8 Å². The van der Waals surface area contributed by atoms with Crippen LogP contribution in [-0.4, -0.2) is 50.1 Å². The highest BCUT2D eigenvalue weighted by Gasteiger charge is 2.15. The van der Waals surface area contributed by atoms with Gasteiger partial charge >= 0.3 is 11.9 Å². The topological polar surface area (TPSA) is 82.1 Å². The lowest BCUT2D eigenvalue weighted by Gasteiger charge is -2.07. The predicted molar refractivity (Wildman–Crippen MR) is 86.9 cm³/mol. The Hall–Kier alpha value is -1.50. The number of carbonyl (C=O) groups excluding carboxylic acids is 2. The van der Waals surface area contributed by atoms with Crippen LogP contribution in [0.2, 0.25) is 0 Å². The summed E-state index contributed by atoms with van der Waals surface area (Å²) in [5.41, 5.74) is 1.41. The Kier molecular flexibility index (Phi) is 12.1. The molecule has 6 nitrogen and oxygen atoms in total. The molecule has 0 bridgehead atoms. The molecule has 0 radical (unpaired) electrons. The molecule has 0 heterocycles. The summed E-state index contributed by atoms with van der Waals surface area (Å²) < 4.78 is 15.3. The van der Waals surface area contributed by atoms with Gasteiger partial charge in [0.25, 0.3) is 0 Å². The average Bonchev–Trinajstić information content (AvgIpc) is 2.53. The fraction of sp³-hybridized carbons (Fsp3) is 0.647. The lowest BCUT2D eigenvalue weighted by Crippen LogP contribution is -2.15. The average molecular weight is 328 g/mol. The summed E-state index contributed by atoms with van der Waals surface area (Å²) in [4.78, 5) is 23.6. The van der Waals surface area contributed by atoms with Crippen molar-refractivity contribution in [2.45, 2.75) is 40.5 Å². The molecule has 23 heavy (non-hydrogen) atoms. The molecule has 6 heteroatoms. The number of aliphatic hydroxyl groups is 1. The highest BCUT2D eigenvalue weighted by molar-refractivity contribution is 6.01. The molecule has 0 aromatic carbocycles. The summed E-state index contributed by atoms with van der Waals surface area (Å²) in [6, 6.07) is 0. The predicted octanol–water partition coefficient (Wildman–Crippen LogP) is 2.16. The quantitative estimate of drug-likeness (QED) is 0.271. The molecule has 0 unspecified atom stereocenters. The van der Waals surface area contributed by atoms with Gasteiger partial charge in [0.1, 0.15) is 0 Å². The Labute approximate surface area is 138 Å². The van der Waals surface area contributed by atoms with Crippen LogP contribution >= 0.6 is 0 Å². The molecule has 0 saturated heterocycles. The van der Waals surface area contributed by atoms with Gasteiger partial charge in [0.05, 0.1) is 19.8 Å². The number of hydrogen-bond donors (Lipinski definition) is 1. The molecule has 0 rings (SSSR count). The zero-order chi connectivity index (χ0) is 17.7. The summed E-state index contributed by atoms with van der Waals surface area (Å²) in [5.74, 6) is -1.35. The third-order valence-electron chi connectivity index (χ3n) is 3.23. The van der Waals surface area contributed by atoms with E-state index in [-0.39, 0.29) is 6.61 Å². The van der Waals surface area contributed by atoms with Crippen LogP contribution in [0.1, 0.15) is 40.5 Å². The zero-order valence-corrected chi connectivity index (χ0v) is 14.5. The van der Waals surface area contributed by atoms with Gasteiger partial charge in [-0.05, 0) is 40.5 Å². The standard InChI is InChI=1S/C17H28O6/c1-5-21-11-12-22-10-6-7-14(3)16(19)23-17(20)15(4)13(2)8-9-18/h7,18H,5-6,8-12H2,1-4H3. The first-order valence-electron chi connectivity index (χ1n) is 7.80. The van der Waals surface area contributed by atoms with Gasteiger partial charge < -0.3 is 19.3 Å². The van der Waals surface area contributed by atoms with Crippen molar-refractivity contribution in [3.63, 3.8) is 0 Å². The van der Waals surface area contributed by atoms with Gasteiger partial charge in [-0.25, -0.2) is 9.59 Å². The van der Waals surface area contributed by atoms with E-state index in [1.165, 1.54) is 0 Å². The summed E-state index contributed by atoms with van der Waals surface area (Å²) >= 11 is 0. The lowest BCUT2D eigenvalue weighted by molar-refractivity contribution is -0.154. The minimum atomic E-state index is -0.679.